The summed E-state index contributed by atoms with van der Waals surface area (Å²) in [6.07, 6.45) is 1.53. The molecule has 2 fully saturated rings. The molecule has 1 N–H and O–H groups in total. The average Bonchev–Trinajstić information content (AvgIpc) is 2.71. The summed E-state index contributed by atoms with van der Waals surface area (Å²) >= 11 is 3.55. The number of alkyl halides is 1. The van der Waals surface area contributed by atoms with Crippen LogP contribution >= 0.6 is 15.9 Å². The molecule has 0 spiro atoms. The maximum atomic E-state index is 13.1. The second-order valence-corrected chi connectivity index (χ2v) is 8.39. The number of carbonyl (C=O) groups is 2. The molecule has 1 aromatic rings. The van der Waals surface area contributed by atoms with Crippen LogP contribution in [0.3, 0.4) is 0 Å². The Morgan fingerprint density at radius 3 is 2.50 bits per heavy atom. The van der Waals surface area contributed by atoms with Gasteiger partial charge in [0.25, 0.3) is 0 Å². The summed E-state index contributed by atoms with van der Waals surface area (Å²) in [5, 5.41) is 3.05. The number of halogens is 1. The van der Waals surface area contributed by atoms with E-state index in [0.29, 0.717) is 0 Å². The largest absolute Gasteiger partial charge is 0.326 e. The summed E-state index contributed by atoms with van der Waals surface area (Å²) in [7, 11) is 0. The number of rotatable bonds is 2. The van der Waals surface area contributed by atoms with Gasteiger partial charge < -0.3 is 5.32 Å². The van der Waals surface area contributed by atoms with Crippen LogP contribution in [0.25, 0.3) is 0 Å². The predicted octanol–water partition coefficient (Wildman–Crippen LogP) is 4.09. The molecule has 22 heavy (non-hydrogen) atoms. The first kappa shape index (κ1) is 15.7. The van der Waals surface area contributed by atoms with Crippen LogP contribution in [0.2, 0.25) is 0 Å². The monoisotopic (exact) mass is 363 g/mol. The molecule has 1 aromatic carbocycles. The molecule has 0 aromatic heterocycles. The molecular formula is C18H22BrNO2. The van der Waals surface area contributed by atoms with Crippen molar-refractivity contribution < 1.29 is 9.59 Å². The van der Waals surface area contributed by atoms with Crippen LogP contribution in [0.15, 0.2) is 24.3 Å². The zero-order chi connectivity index (χ0) is 16.3. The molecule has 2 saturated carbocycles. The first-order valence-corrected chi connectivity index (χ1v) is 8.65. The number of fused-ring (bicyclic) bond motifs is 2. The molecule has 1 amide bonds. The van der Waals surface area contributed by atoms with Gasteiger partial charge in [-0.25, -0.2) is 0 Å². The van der Waals surface area contributed by atoms with Crippen molar-refractivity contribution in [1.82, 2.24) is 0 Å². The number of carbonyl (C=O) groups excluding carboxylic acids is 2. The second-order valence-electron chi connectivity index (χ2n) is 7.48. The molecule has 0 heterocycles. The molecule has 3 nitrogen and oxygen atoms in total. The van der Waals surface area contributed by atoms with Gasteiger partial charge in [-0.05, 0) is 42.9 Å². The Labute approximate surface area is 140 Å². The lowest BCUT2D eigenvalue weighted by Gasteiger charge is -2.39. The lowest BCUT2D eigenvalue weighted by atomic mass is 9.64. The third-order valence-electron chi connectivity index (χ3n) is 6.40. The fourth-order valence-electron chi connectivity index (χ4n) is 4.42. The number of aryl methyl sites for hydroxylation is 1. The van der Waals surface area contributed by atoms with E-state index in [1.807, 2.05) is 38.1 Å². The van der Waals surface area contributed by atoms with Crippen molar-refractivity contribution in [2.45, 2.75) is 45.4 Å². The highest BCUT2D eigenvalue weighted by Gasteiger charge is 2.76. The fraction of sp³-hybridized carbons (Fsp3) is 0.556. The first-order chi connectivity index (χ1) is 10.2. The van der Waals surface area contributed by atoms with Crippen LogP contribution in [0.5, 0.6) is 0 Å². The Morgan fingerprint density at radius 2 is 1.95 bits per heavy atom. The van der Waals surface area contributed by atoms with E-state index in [9.17, 15) is 9.59 Å². The summed E-state index contributed by atoms with van der Waals surface area (Å²) in [5.74, 6) is 0.127. The van der Waals surface area contributed by atoms with Gasteiger partial charge >= 0.3 is 0 Å². The van der Waals surface area contributed by atoms with Crippen molar-refractivity contribution in [1.29, 1.82) is 0 Å². The fourth-order valence-corrected chi connectivity index (χ4v) is 5.93. The molecule has 3 unspecified atom stereocenters. The number of nitrogens with one attached hydrogen (secondary N) is 1. The third kappa shape index (κ3) is 1.67. The van der Waals surface area contributed by atoms with Crippen molar-refractivity contribution in [2.24, 2.45) is 16.2 Å². The van der Waals surface area contributed by atoms with E-state index in [1.54, 1.807) is 0 Å². The van der Waals surface area contributed by atoms with Gasteiger partial charge in [-0.15, -0.1) is 0 Å². The number of amides is 1. The lowest BCUT2D eigenvalue weighted by molar-refractivity contribution is -0.130. The summed E-state index contributed by atoms with van der Waals surface area (Å²) < 4.78 is 0. The topological polar surface area (TPSA) is 46.2 Å². The molecule has 2 aliphatic rings. The Hall–Kier alpha value is -1.16. The van der Waals surface area contributed by atoms with Gasteiger partial charge in [-0.3, -0.25) is 9.59 Å². The van der Waals surface area contributed by atoms with Gasteiger partial charge in [-0.2, -0.15) is 0 Å². The van der Waals surface area contributed by atoms with E-state index in [4.69, 9.17) is 0 Å². The van der Waals surface area contributed by atoms with Crippen LogP contribution in [0, 0.1) is 23.2 Å². The van der Waals surface area contributed by atoms with Crippen molar-refractivity contribution in [2.75, 3.05) is 5.32 Å². The molecule has 3 atom stereocenters. The Bertz CT molecular complexity index is 669. The number of hydrogen-bond acceptors (Lipinski definition) is 2. The normalized spacial score (nSPS) is 35.7. The summed E-state index contributed by atoms with van der Waals surface area (Å²) in [6.45, 7) is 8.14. The highest BCUT2D eigenvalue weighted by Crippen LogP contribution is 2.72. The van der Waals surface area contributed by atoms with Crippen molar-refractivity contribution >= 4 is 33.3 Å². The molecule has 2 aliphatic carbocycles. The second kappa shape index (κ2) is 4.67. The van der Waals surface area contributed by atoms with Gasteiger partial charge in [0.2, 0.25) is 5.91 Å². The van der Waals surface area contributed by atoms with Crippen LogP contribution in [-0.4, -0.2) is 16.5 Å². The minimum atomic E-state index is -0.678. The smallest absolute Gasteiger partial charge is 0.232 e. The highest BCUT2D eigenvalue weighted by molar-refractivity contribution is 9.10. The number of benzene rings is 1. The Balaban J connectivity index is 1.99. The van der Waals surface area contributed by atoms with Crippen molar-refractivity contribution in [3.05, 3.63) is 29.8 Å². The summed E-state index contributed by atoms with van der Waals surface area (Å²) in [5.41, 5.74) is 0.430. The van der Waals surface area contributed by atoms with E-state index in [2.05, 4.69) is 35.1 Å². The number of hydrogen-bond donors (Lipinski definition) is 1. The maximum absolute atomic E-state index is 13.1. The molecule has 0 radical (unpaired) electrons. The SMILES string of the molecule is Cc1cccc(NC(=O)C23CCC(C)(C(=O)C2Br)C3(C)C)c1. The van der Waals surface area contributed by atoms with Gasteiger partial charge in [0.15, 0.2) is 5.78 Å². The van der Waals surface area contributed by atoms with Gasteiger partial charge in [0, 0.05) is 11.1 Å². The molecule has 0 aliphatic heterocycles. The van der Waals surface area contributed by atoms with Crippen LogP contribution in [0.1, 0.15) is 39.2 Å². The van der Waals surface area contributed by atoms with E-state index in [0.717, 1.165) is 24.1 Å². The number of Topliss-reactive ketones (excluding diaryl/α,β-unsaturated/α-hetero) is 1. The number of anilines is 1. The summed E-state index contributed by atoms with van der Waals surface area (Å²) in [4.78, 5) is 25.4. The summed E-state index contributed by atoms with van der Waals surface area (Å²) in [6, 6.07) is 7.77. The molecule has 118 valence electrons. The third-order valence-corrected chi connectivity index (χ3v) is 7.60. The Morgan fingerprint density at radius 1 is 1.27 bits per heavy atom. The van der Waals surface area contributed by atoms with E-state index >= 15 is 0 Å². The molecular weight excluding hydrogens is 342 g/mol. The highest BCUT2D eigenvalue weighted by atomic mass is 79.9. The number of ketones is 1. The van der Waals surface area contributed by atoms with Crippen LogP contribution < -0.4 is 5.32 Å². The maximum Gasteiger partial charge on any atom is 0.232 e. The quantitative estimate of drug-likeness (QED) is 0.804. The van der Waals surface area contributed by atoms with E-state index < -0.39 is 15.7 Å². The van der Waals surface area contributed by atoms with E-state index in [-0.39, 0.29) is 17.1 Å². The van der Waals surface area contributed by atoms with Crippen LogP contribution in [0.4, 0.5) is 5.69 Å². The predicted molar refractivity (Wildman–Crippen MR) is 91.1 cm³/mol. The van der Waals surface area contributed by atoms with Gasteiger partial charge in [0.1, 0.15) is 0 Å². The average molecular weight is 364 g/mol. The van der Waals surface area contributed by atoms with Crippen molar-refractivity contribution in [3.8, 4) is 0 Å². The first-order valence-electron chi connectivity index (χ1n) is 7.73. The lowest BCUT2D eigenvalue weighted by Crippen LogP contribution is -2.47. The zero-order valence-electron chi connectivity index (χ0n) is 13.5. The van der Waals surface area contributed by atoms with Crippen molar-refractivity contribution in [3.63, 3.8) is 0 Å². The Kier molecular flexibility index (Phi) is 3.34. The molecule has 2 bridgehead atoms. The van der Waals surface area contributed by atoms with E-state index in [1.165, 1.54) is 0 Å². The minimum absolute atomic E-state index is 0.0421. The van der Waals surface area contributed by atoms with Crippen LogP contribution in [-0.2, 0) is 9.59 Å². The standard InChI is InChI=1S/C18H22BrNO2/c1-11-6-5-7-12(10-11)20-15(22)18-9-8-17(4,16(18,2)3)14(21)13(18)19/h5-7,10,13H,8-9H2,1-4H3,(H,20,22). The van der Waals surface area contributed by atoms with Gasteiger partial charge in [-0.1, -0.05) is 48.8 Å². The van der Waals surface area contributed by atoms with Gasteiger partial charge in [0.05, 0.1) is 10.2 Å². The minimum Gasteiger partial charge on any atom is -0.326 e. The molecule has 4 heteroatoms. The zero-order valence-corrected chi connectivity index (χ0v) is 15.1. The molecule has 0 saturated heterocycles. The molecule has 3 rings (SSSR count).